The monoisotopic (exact) mass is 439 g/mol. The van der Waals surface area contributed by atoms with Gasteiger partial charge in [-0.2, -0.15) is 4.98 Å². The van der Waals surface area contributed by atoms with Crippen LogP contribution in [0.4, 0.5) is 0 Å². The van der Waals surface area contributed by atoms with E-state index in [2.05, 4.69) is 4.98 Å². The summed E-state index contributed by atoms with van der Waals surface area (Å²) in [4.78, 5) is 4.42. The largest absolute Gasteiger partial charge is 0.481 e. The number of pyridine rings is 1. The number of aromatic nitrogens is 1. The first-order valence-electron chi connectivity index (χ1n) is 9.66. The Kier molecular flexibility index (Phi) is 6.60. The highest BCUT2D eigenvalue weighted by atomic mass is 32.2. The Balaban J connectivity index is 2.15. The summed E-state index contributed by atoms with van der Waals surface area (Å²) in [7, 11) is -0.967. The molecule has 0 radical (unpaired) electrons. The highest BCUT2D eigenvalue weighted by Crippen LogP contribution is 2.39. The van der Waals surface area contributed by atoms with E-state index >= 15 is 0 Å². The number of sulfonamides is 1. The molecule has 162 valence electrons. The number of rotatable bonds is 7. The minimum absolute atomic E-state index is 0.118. The number of hydrogen-bond donors (Lipinski definition) is 1. The molecule has 0 saturated heterocycles. The molecule has 2 aromatic rings. The zero-order chi connectivity index (χ0) is 22.6. The molecule has 0 bridgehead atoms. The van der Waals surface area contributed by atoms with Crippen LogP contribution in [-0.2, 0) is 10.0 Å². The lowest BCUT2D eigenvalue weighted by Gasteiger charge is -2.16. The average Bonchev–Trinajstić information content (AvgIpc) is 3.10. The summed E-state index contributed by atoms with van der Waals surface area (Å²) in [6.07, 6.45) is 7.65. The molecule has 0 atom stereocenters. The van der Waals surface area contributed by atoms with E-state index in [-0.39, 0.29) is 16.6 Å². The maximum Gasteiger partial charge on any atom is 0.269 e. The lowest BCUT2D eigenvalue weighted by Crippen LogP contribution is -2.29. The van der Waals surface area contributed by atoms with E-state index in [4.69, 9.17) is 14.9 Å². The fraction of sp³-hybridized carbons (Fsp3) is 0.217. The summed E-state index contributed by atoms with van der Waals surface area (Å²) in [5.74, 6) is 0.528. The van der Waals surface area contributed by atoms with Gasteiger partial charge in [0.15, 0.2) is 0 Å². The van der Waals surface area contributed by atoms with Gasteiger partial charge in [-0.05, 0) is 38.5 Å². The van der Waals surface area contributed by atoms with Crippen LogP contribution in [0.5, 0.6) is 11.8 Å². The van der Waals surface area contributed by atoms with Gasteiger partial charge in [-0.25, -0.2) is 12.7 Å². The molecule has 1 N–H and O–H groups in total. The van der Waals surface area contributed by atoms with Crippen LogP contribution in [0, 0.1) is 12.3 Å². The summed E-state index contributed by atoms with van der Waals surface area (Å²) in [5.41, 5.74) is 2.55. The number of nitrogens with zero attached hydrogens (tertiary/aromatic N) is 2. The normalized spacial score (nSPS) is 15.6. The van der Waals surface area contributed by atoms with Crippen molar-refractivity contribution in [3.63, 3.8) is 0 Å². The maximum absolute atomic E-state index is 13.3. The number of allylic oxidation sites excluding steroid dienone is 3. The molecule has 7 nitrogen and oxygen atoms in total. The maximum atomic E-state index is 13.3. The van der Waals surface area contributed by atoms with Crippen LogP contribution in [-0.4, -0.2) is 37.8 Å². The predicted octanol–water partition coefficient (Wildman–Crippen LogP) is 4.32. The highest BCUT2D eigenvalue weighted by Gasteiger charge is 2.35. The van der Waals surface area contributed by atoms with Gasteiger partial charge in [-0.1, -0.05) is 35.9 Å². The van der Waals surface area contributed by atoms with E-state index in [1.807, 2.05) is 32.1 Å². The number of aryl methyl sites for hydroxylation is 1. The van der Waals surface area contributed by atoms with Crippen molar-refractivity contribution in [1.29, 1.82) is 5.41 Å². The average molecular weight is 440 g/mol. The third kappa shape index (κ3) is 4.39. The molecule has 1 aliphatic heterocycles. The molecule has 0 spiro atoms. The van der Waals surface area contributed by atoms with E-state index in [1.165, 1.54) is 20.4 Å². The van der Waals surface area contributed by atoms with E-state index < -0.39 is 10.0 Å². The molecule has 1 aromatic heterocycles. The molecule has 0 amide bonds. The quantitative estimate of drug-likeness (QED) is 0.649. The Labute approximate surface area is 182 Å². The van der Waals surface area contributed by atoms with Crippen molar-refractivity contribution in [2.45, 2.75) is 25.2 Å². The lowest BCUT2D eigenvalue weighted by molar-refractivity contribution is 0.364. The van der Waals surface area contributed by atoms with Gasteiger partial charge in [0.25, 0.3) is 10.0 Å². The zero-order valence-corrected chi connectivity index (χ0v) is 18.7. The van der Waals surface area contributed by atoms with Crippen LogP contribution in [0.2, 0.25) is 0 Å². The van der Waals surface area contributed by atoms with Crippen molar-refractivity contribution in [3.05, 3.63) is 77.5 Å². The third-order valence-electron chi connectivity index (χ3n) is 4.81. The molecule has 1 aliphatic rings. The van der Waals surface area contributed by atoms with Gasteiger partial charge in [0.05, 0.1) is 19.1 Å². The topological polar surface area (TPSA) is 92.6 Å². The standard InChI is InChI=1S/C23H25N3O4S/c1-5-6-7-8-18-20(19-13-14-21(29-3)25-23(19)30-4)15-26(22(18)24)31(27,28)17-11-9-16(2)10-12-17/h5-6,8-15,24H,7H2,1-4H3/b6-5-,18-8+,24-22?. The van der Waals surface area contributed by atoms with Gasteiger partial charge in [0.1, 0.15) is 5.84 Å². The van der Waals surface area contributed by atoms with Gasteiger partial charge in [-0.15, -0.1) is 0 Å². The fourth-order valence-electron chi connectivity index (χ4n) is 3.15. The second-order valence-corrected chi connectivity index (χ2v) is 8.65. The van der Waals surface area contributed by atoms with E-state index in [9.17, 15) is 8.42 Å². The zero-order valence-electron chi connectivity index (χ0n) is 17.9. The third-order valence-corrected chi connectivity index (χ3v) is 6.48. The van der Waals surface area contributed by atoms with Gasteiger partial charge in [0, 0.05) is 29.0 Å². The van der Waals surface area contributed by atoms with E-state index in [1.54, 1.807) is 36.4 Å². The fourth-order valence-corrected chi connectivity index (χ4v) is 4.44. The molecular formula is C23H25N3O4S. The first-order chi connectivity index (χ1) is 14.8. The highest BCUT2D eigenvalue weighted by molar-refractivity contribution is 7.89. The van der Waals surface area contributed by atoms with Crippen LogP contribution < -0.4 is 9.47 Å². The molecule has 2 heterocycles. The van der Waals surface area contributed by atoms with E-state index in [0.717, 1.165) is 9.87 Å². The molecule has 0 fully saturated rings. The van der Waals surface area contributed by atoms with Crippen LogP contribution in [0.3, 0.4) is 0 Å². The summed E-state index contributed by atoms with van der Waals surface area (Å²) in [6, 6.07) is 9.97. The smallest absolute Gasteiger partial charge is 0.269 e. The van der Waals surface area contributed by atoms with Crippen LogP contribution in [0.25, 0.3) is 5.57 Å². The molecule has 3 rings (SSSR count). The van der Waals surface area contributed by atoms with Crippen LogP contribution >= 0.6 is 0 Å². The Morgan fingerprint density at radius 3 is 2.42 bits per heavy atom. The second kappa shape index (κ2) is 9.18. The summed E-state index contributed by atoms with van der Waals surface area (Å²) < 4.78 is 38.2. The SMILES string of the molecule is C/C=C\C/C=C1/C(=N)N(S(=O)(=O)c2ccc(C)cc2)C=C1c1ccc(OC)nc1OC. The van der Waals surface area contributed by atoms with Crippen LogP contribution in [0.1, 0.15) is 24.5 Å². The minimum Gasteiger partial charge on any atom is -0.481 e. The number of hydrogen-bond acceptors (Lipinski definition) is 6. The first kappa shape index (κ1) is 22.3. The van der Waals surface area contributed by atoms with Gasteiger partial charge in [0.2, 0.25) is 11.8 Å². The van der Waals surface area contributed by atoms with Crippen molar-refractivity contribution < 1.29 is 17.9 Å². The molecule has 0 unspecified atom stereocenters. The lowest BCUT2D eigenvalue weighted by atomic mass is 10.00. The Hall–Kier alpha value is -3.39. The number of amidine groups is 1. The van der Waals surface area contributed by atoms with Crippen molar-refractivity contribution >= 4 is 21.4 Å². The minimum atomic E-state index is -3.95. The summed E-state index contributed by atoms with van der Waals surface area (Å²) in [6.45, 7) is 3.79. The summed E-state index contributed by atoms with van der Waals surface area (Å²) in [5, 5.41) is 8.65. The Bertz CT molecular complexity index is 1180. The molecular weight excluding hydrogens is 414 g/mol. The van der Waals surface area contributed by atoms with Gasteiger partial charge in [-0.3, -0.25) is 5.41 Å². The number of benzene rings is 1. The number of ether oxygens (including phenoxy) is 2. The molecule has 1 aromatic carbocycles. The second-order valence-electron chi connectivity index (χ2n) is 6.84. The molecule has 0 aliphatic carbocycles. The first-order valence-corrected chi connectivity index (χ1v) is 11.1. The van der Waals surface area contributed by atoms with E-state index in [0.29, 0.717) is 29.0 Å². The Morgan fingerprint density at radius 1 is 1.10 bits per heavy atom. The Morgan fingerprint density at radius 2 is 1.81 bits per heavy atom. The molecule has 31 heavy (non-hydrogen) atoms. The molecule has 8 heteroatoms. The van der Waals surface area contributed by atoms with Crippen molar-refractivity contribution in [2.24, 2.45) is 0 Å². The van der Waals surface area contributed by atoms with Crippen molar-refractivity contribution in [3.8, 4) is 11.8 Å². The van der Waals surface area contributed by atoms with Crippen LogP contribution in [0.15, 0.2) is 71.3 Å². The number of methoxy groups -OCH3 is 2. The summed E-state index contributed by atoms with van der Waals surface area (Å²) >= 11 is 0. The van der Waals surface area contributed by atoms with Gasteiger partial charge < -0.3 is 9.47 Å². The van der Waals surface area contributed by atoms with Crippen molar-refractivity contribution in [1.82, 2.24) is 9.29 Å². The van der Waals surface area contributed by atoms with Gasteiger partial charge >= 0.3 is 0 Å². The van der Waals surface area contributed by atoms with Crippen molar-refractivity contribution in [2.75, 3.05) is 14.2 Å². The molecule has 0 saturated carbocycles. The predicted molar refractivity (Wildman–Crippen MR) is 121 cm³/mol. The number of nitrogens with one attached hydrogen (secondary N) is 1.